The van der Waals surface area contributed by atoms with E-state index in [9.17, 15) is 9.59 Å². The van der Waals surface area contributed by atoms with Crippen molar-refractivity contribution in [2.24, 2.45) is 5.92 Å². The van der Waals surface area contributed by atoms with E-state index in [1.807, 2.05) is 0 Å². The van der Waals surface area contributed by atoms with Crippen molar-refractivity contribution >= 4 is 5.91 Å². The second-order valence-corrected chi connectivity index (χ2v) is 4.62. The fraction of sp³-hybridized carbons (Fsp3) is 0.538. The molecule has 0 atom stereocenters. The highest BCUT2D eigenvalue weighted by Gasteiger charge is 2.15. The molecule has 0 aromatic carbocycles. The summed E-state index contributed by atoms with van der Waals surface area (Å²) in [6.07, 6.45) is 6.27. The summed E-state index contributed by atoms with van der Waals surface area (Å²) in [4.78, 5) is 25.2. The van der Waals surface area contributed by atoms with Crippen LogP contribution in [0.3, 0.4) is 0 Å². The Balaban J connectivity index is 1.79. The number of pyridine rings is 1. The molecule has 0 bridgehead atoms. The van der Waals surface area contributed by atoms with Crippen molar-refractivity contribution in [1.29, 1.82) is 0 Å². The summed E-state index contributed by atoms with van der Waals surface area (Å²) in [6.45, 7) is 0.695. The minimum Gasteiger partial charge on any atom is -0.351 e. The maximum Gasteiger partial charge on any atom is 0.267 e. The molecule has 92 valence electrons. The minimum atomic E-state index is -0.242. The predicted octanol–water partition coefficient (Wildman–Crippen LogP) is 1.68. The van der Waals surface area contributed by atoms with Crippen molar-refractivity contribution < 1.29 is 4.79 Å². The molecule has 0 radical (unpaired) electrons. The molecule has 0 spiro atoms. The van der Waals surface area contributed by atoms with Gasteiger partial charge in [-0.2, -0.15) is 0 Å². The Morgan fingerprint density at radius 2 is 2.12 bits per heavy atom. The summed E-state index contributed by atoms with van der Waals surface area (Å²) in [5.41, 5.74) is 0.0948. The van der Waals surface area contributed by atoms with Crippen LogP contribution < -0.4 is 10.9 Å². The number of amides is 1. The molecule has 1 aliphatic carbocycles. The Morgan fingerprint density at radius 3 is 2.82 bits per heavy atom. The SMILES string of the molecule is O=C(NCCC1CCCC1)c1cccc(=O)[nH]1. The Labute approximate surface area is 100 Å². The number of aromatic nitrogens is 1. The van der Waals surface area contributed by atoms with Crippen LogP contribution in [0.5, 0.6) is 0 Å². The quantitative estimate of drug-likeness (QED) is 0.832. The fourth-order valence-electron chi connectivity index (χ4n) is 2.36. The number of hydrogen-bond donors (Lipinski definition) is 2. The molecule has 17 heavy (non-hydrogen) atoms. The second-order valence-electron chi connectivity index (χ2n) is 4.62. The number of carbonyl (C=O) groups is 1. The lowest BCUT2D eigenvalue weighted by molar-refractivity contribution is 0.0946. The van der Waals surface area contributed by atoms with Gasteiger partial charge in [0.2, 0.25) is 5.56 Å². The Bertz CT molecular complexity index is 433. The summed E-state index contributed by atoms with van der Waals surface area (Å²) in [6, 6.07) is 4.60. The highest BCUT2D eigenvalue weighted by molar-refractivity contribution is 5.92. The van der Waals surface area contributed by atoms with E-state index in [4.69, 9.17) is 0 Å². The number of H-pyrrole nitrogens is 1. The van der Waals surface area contributed by atoms with Crippen LogP contribution in [0.25, 0.3) is 0 Å². The van der Waals surface area contributed by atoms with Crippen LogP contribution >= 0.6 is 0 Å². The Kier molecular flexibility index (Phi) is 3.96. The van der Waals surface area contributed by atoms with Crippen LogP contribution in [0, 0.1) is 5.92 Å². The van der Waals surface area contributed by atoms with E-state index in [2.05, 4.69) is 10.3 Å². The van der Waals surface area contributed by atoms with Crippen molar-refractivity contribution in [3.8, 4) is 0 Å². The van der Waals surface area contributed by atoms with E-state index in [0.29, 0.717) is 12.2 Å². The molecule has 1 aromatic heterocycles. The molecule has 0 aliphatic heterocycles. The molecule has 2 N–H and O–H groups in total. The molecular weight excluding hydrogens is 216 g/mol. The third kappa shape index (κ3) is 3.44. The topological polar surface area (TPSA) is 62.0 Å². The van der Waals surface area contributed by atoms with Gasteiger partial charge in [-0.05, 0) is 18.4 Å². The van der Waals surface area contributed by atoms with E-state index < -0.39 is 0 Å². The first-order chi connectivity index (χ1) is 8.25. The first-order valence-electron chi connectivity index (χ1n) is 6.23. The molecule has 0 saturated heterocycles. The maximum absolute atomic E-state index is 11.7. The van der Waals surface area contributed by atoms with Gasteiger partial charge in [0.15, 0.2) is 0 Å². The second kappa shape index (κ2) is 5.66. The van der Waals surface area contributed by atoms with E-state index >= 15 is 0 Å². The van der Waals surface area contributed by atoms with E-state index in [1.165, 1.54) is 31.7 Å². The third-order valence-electron chi connectivity index (χ3n) is 3.33. The predicted molar refractivity (Wildman–Crippen MR) is 66.0 cm³/mol. The summed E-state index contributed by atoms with van der Waals surface area (Å²) in [7, 11) is 0. The number of rotatable bonds is 4. The molecule has 1 aromatic rings. The average Bonchev–Trinajstić information content (AvgIpc) is 2.82. The molecule has 4 nitrogen and oxygen atoms in total. The molecular formula is C13H18N2O2. The first kappa shape index (κ1) is 11.9. The number of nitrogens with one attached hydrogen (secondary N) is 2. The standard InChI is InChI=1S/C13H18N2O2/c16-12-7-3-6-11(15-12)13(17)14-9-8-10-4-1-2-5-10/h3,6-7,10H,1-2,4-5,8-9H2,(H,14,17)(H,15,16). The molecule has 0 unspecified atom stereocenters. The van der Waals surface area contributed by atoms with Gasteiger partial charge in [-0.25, -0.2) is 0 Å². The fourth-order valence-corrected chi connectivity index (χ4v) is 2.36. The molecule has 1 amide bonds. The van der Waals surface area contributed by atoms with Gasteiger partial charge in [0.25, 0.3) is 5.91 Å². The summed E-state index contributed by atoms with van der Waals surface area (Å²) < 4.78 is 0. The number of hydrogen-bond acceptors (Lipinski definition) is 2. The lowest BCUT2D eigenvalue weighted by Gasteiger charge is -2.09. The average molecular weight is 234 g/mol. The Hall–Kier alpha value is -1.58. The van der Waals surface area contributed by atoms with Gasteiger partial charge < -0.3 is 10.3 Å². The van der Waals surface area contributed by atoms with Crippen molar-refractivity contribution in [3.05, 3.63) is 34.2 Å². The molecule has 4 heteroatoms. The van der Waals surface area contributed by atoms with Crippen LogP contribution in [0.1, 0.15) is 42.6 Å². The van der Waals surface area contributed by atoms with Gasteiger partial charge in [-0.3, -0.25) is 9.59 Å². The van der Waals surface area contributed by atoms with Crippen molar-refractivity contribution in [2.75, 3.05) is 6.54 Å². The van der Waals surface area contributed by atoms with E-state index in [0.717, 1.165) is 12.3 Å². The van der Waals surface area contributed by atoms with Crippen molar-refractivity contribution in [2.45, 2.75) is 32.1 Å². The van der Waals surface area contributed by atoms with Crippen molar-refractivity contribution in [1.82, 2.24) is 10.3 Å². The van der Waals surface area contributed by atoms with Crippen molar-refractivity contribution in [3.63, 3.8) is 0 Å². The number of aromatic amines is 1. The van der Waals surface area contributed by atoms with Crippen LogP contribution in [0.2, 0.25) is 0 Å². The van der Waals surface area contributed by atoms with E-state index in [-0.39, 0.29) is 11.5 Å². The van der Waals surface area contributed by atoms with Crippen LogP contribution in [0.15, 0.2) is 23.0 Å². The van der Waals surface area contributed by atoms with Gasteiger partial charge in [0.05, 0.1) is 0 Å². The highest BCUT2D eigenvalue weighted by atomic mass is 16.2. The van der Waals surface area contributed by atoms with Gasteiger partial charge >= 0.3 is 0 Å². The summed E-state index contributed by atoms with van der Waals surface area (Å²) in [5, 5.41) is 2.84. The lowest BCUT2D eigenvalue weighted by atomic mass is 10.0. The first-order valence-corrected chi connectivity index (χ1v) is 6.23. The summed E-state index contributed by atoms with van der Waals surface area (Å²) >= 11 is 0. The number of carbonyl (C=O) groups excluding carboxylic acids is 1. The van der Waals surface area contributed by atoms with Crippen LogP contribution in [0.4, 0.5) is 0 Å². The normalized spacial score (nSPS) is 16.0. The minimum absolute atomic E-state index is 0.194. The van der Waals surface area contributed by atoms with Gasteiger partial charge in [-0.1, -0.05) is 31.7 Å². The monoisotopic (exact) mass is 234 g/mol. The maximum atomic E-state index is 11.7. The van der Waals surface area contributed by atoms with Gasteiger partial charge in [0, 0.05) is 12.6 Å². The largest absolute Gasteiger partial charge is 0.351 e. The third-order valence-corrected chi connectivity index (χ3v) is 3.33. The molecule has 1 aliphatic rings. The molecule has 1 saturated carbocycles. The zero-order valence-corrected chi connectivity index (χ0v) is 9.87. The van der Waals surface area contributed by atoms with Gasteiger partial charge in [0.1, 0.15) is 5.69 Å². The molecule has 2 rings (SSSR count). The van der Waals surface area contributed by atoms with Gasteiger partial charge in [-0.15, -0.1) is 0 Å². The highest BCUT2D eigenvalue weighted by Crippen LogP contribution is 2.26. The smallest absolute Gasteiger partial charge is 0.267 e. The zero-order valence-electron chi connectivity index (χ0n) is 9.87. The Morgan fingerprint density at radius 1 is 1.35 bits per heavy atom. The van der Waals surface area contributed by atoms with E-state index in [1.54, 1.807) is 12.1 Å². The molecule has 1 heterocycles. The zero-order chi connectivity index (χ0) is 12.1. The summed E-state index contributed by atoms with van der Waals surface area (Å²) in [5.74, 6) is 0.575. The van der Waals surface area contributed by atoms with Crippen LogP contribution in [-0.2, 0) is 0 Å². The van der Waals surface area contributed by atoms with Crippen LogP contribution in [-0.4, -0.2) is 17.4 Å². The molecule has 1 fully saturated rings. The lowest BCUT2D eigenvalue weighted by Crippen LogP contribution is -2.27.